The predicted octanol–water partition coefficient (Wildman–Crippen LogP) is 0.503. The van der Waals surface area contributed by atoms with E-state index in [0.717, 1.165) is 24.2 Å². The van der Waals surface area contributed by atoms with E-state index in [1.165, 1.54) is 12.7 Å². The highest BCUT2D eigenvalue weighted by Crippen LogP contribution is 2.21. The van der Waals surface area contributed by atoms with Crippen LogP contribution in [0.2, 0.25) is 0 Å². The summed E-state index contributed by atoms with van der Waals surface area (Å²) in [6, 6.07) is 0.280. The van der Waals surface area contributed by atoms with E-state index in [0.29, 0.717) is 0 Å². The minimum Gasteiger partial charge on any atom is -0.313 e. The van der Waals surface area contributed by atoms with Crippen LogP contribution >= 0.6 is 0 Å². The standard InChI is InChI=1S/C9H13N3O/c1-6-8(7-3-2-4-10-7)11-5-12-9(6)13/h5,7,10H,2-4H2,1H3,(H,11,12,13)/t7-/m0/s1. The van der Waals surface area contributed by atoms with E-state index in [1.807, 2.05) is 6.92 Å². The Morgan fingerprint density at radius 3 is 3.15 bits per heavy atom. The monoisotopic (exact) mass is 179 g/mol. The van der Waals surface area contributed by atoms with Crippen LogP contribution in [0, 0.1) is 6.92 Å². The summed E-state index contributed by atoms with van der Waals surface area (Å²) in [5.41, 5.74) is 1.61. The van der Waals surface area contributed by atoms with Gasteiger partial charge in [0.2, 0.25) is 0 Å². The molecule has 0 bridgehead atoms. The highest BCUT2D eigenvalue weighted by molar-refractivity contribution is 5.18. The maximum atomic E-state index is 11.3. The van der Waals surface area contributed by atoms with E-state index in [1.54, 1.807) is 0 Å². The lowest BCUT2D eigenvalue weighted by Crippen LogP contribution is -2.21. The van der Waals surface area contributed by atoms with Crippen LogP contribution in [0.1, 0.15) is 30.1 Å². The van der Waals surface area contributed by atoms with Crippen molar-refractivity contribution < 1.29 is 0 Å². The molecule has 0 aliphatic carbocycles. The van der Waals surface area contributed by atoms with E-state index >= 15 is 0 Å². The molecule has 0 amide bonds. The van der Waals surface area contributed by atoms with Crippen molar-refractivity contribution in [2.24, 2.45) is 0 Å². The zero-order valence-corrected chi connectivity index (χ0v) is 7.63. The Labute approximate surface area is 76.4 Å². The molecule has 70 valence electrons. The molecule has 1 saturated heterocycles. The van der Waals surface area contributed by atoms with E-state index in [4.69, 9.17) is 0 Å². The minimum atomic E-state index is -0.0290. The van der Waals surface area contributed by atoms with E-state index in [9.17, 15) is 4.79 Å². The van der Waals surface area contributed by atoms with Gasteiger partial charge in [-0.15, -0.1) is 0 Å². The molecule has 0 aromatic carbocycles. The van der Waals surface area contributed by atoms with Crippen LogP contribution in [0.5, 0.6) is 0 Å². The van der Waals surface area contributed by atoms with Crippen molar-refractivity contribution in [2.75, 3.05) is 6.54 Å². The van der Waals surface area contributed by atoms with Gasteiger partial charge in [-0.2, -0.15) is 0 Å². The number of H-pyrrole nitrogens is 1. The third kappa shape index (κ3) is 1.49. The largest absolute Gasteiger partial charge is 0.313 e. The second-order valence-electron chi connectivity index (χ2n) is 3.39. The van der Waals surface area contributed by atoms with Gasteiger partial charge in [0.05, 0.1) is 18.1 Å². The molecule has 4 heteroatoms. The molecule has 2 N–H and O–H groups in total. The Hall–Kier alpha value is -1.16. The van der Waals surface area contributed by atoms with Gasteiger partial charge >= 0.3 is 0 Å². The molecule has 0 spiro atoms. The van der Waals surface area contributed by atoms with Crippen LogP contribution in [0.25, 0.3) is 0 Å². The number of aromatic amines is 1. The van der Waals surface area contributed by atoms with Gasteiger partial charge in [-0.05, 0) is 26.3 Å². The topological polar surface area (TPSA) is 57.8 Å². The van der Waals surface area contributed by atoms with Crippen molar-refractivity contribution in [2.45, 2.75) is 25.8 Å². The maximum Gasteiger partial charge on any atom is 0.253 e. The molecule has 4 nitrogen and oxygen atoms in total. The Morgan fingerprint density at radius 1 is 1.62 bits per heavy atom. The van der Waals surface area contributed by atoms with Crippen molar-refractivity contribution in [1.82, 2.24) is 15.3 Å². The summed E-state index contributed by atoms with van der Waals surface area (Å²) < 4.78 is 0. The van der Waals surface area contributed by atoms with Crippen LogP contribution in [0.15, 0.2) is 11.1 Å². The summed E-state index contributed by atoms with van der Waals surface area (Å²) in [6.45, 7) is 2.85. The van der Waals surface area contributed by atoms with E-state index in [-0.39, 0.29) is 11.6 Å². The summed E-state index contributed by atoms with van der Waals surface area (Å²) >= 11 is 0. The fraction of sp³-hybridized carbons (Fsp3) is 0.556. The fourth-order valence-corrected chi connectivity index (χ4v) is 1.75. The molecule has 2 rings (SSSR count). The SMILES string of the molecule is Cc1c([C@@H]2CCCN2)nc[nH]c1=O. The fourth-order valence-electron chi connectivity index (χ4n) is 1.75. The zero-order chi connectivity index (χ0) is 9.26. The van der Waals surface area contributed by atoms with Gasteiger partial charge in [0.25, 0.3) is 5.56 Å². The van der Waals surface area contributed by atoms with Crippen LogP contribution in [0.3, 0.4) is 0 Å². The highest BCUT2D eigenvalue weighted by Gasteiger charge is 2.19. The highest BCUT2D eigenvalue weighted by atomic mass is 16.1. The first kappa shape index (κ1) is 8.44. The summed E-state index contributed by atoms with van der Waals surface area (Å²) in [7, 11) is 0. The van der Waals surface area contributed by atoms with E-state index in [2.05, 4.69) is 15.3 Å². The first-order valence-corrected chi connectivity index (χ1v) is 4.56. The predicted molar refractivity (Wildman–Crippen MR) is 49.6 cm³/mol. The van der Waals surface area contributed by atoms with Gasteiger partial charge in [0.1, 0.15) is 0 Å². The van der Waals surface area contributed by atoms with Crippen molar-refractivity contribution in [3.05, 3.63) is 27.9 Å². The zero-order valence-electron chi connectivity index (χ0n) is 7.63. The van der Waals surface area contributed by atoms with E-state index < -0.39 is 0 Å². The molecular formula is C9H13N3O. The number of aromatic nitrogens is 2. The molecule has 0 saturated carbocycles. The van der Waals surface area contributed by atoms with Crippen molar-refractivity contribution in [3.63, 3.8) is 0 Å². The number of hydrogen-bond acceptors (Lipinski definition) is 3. The van der Waals surface area contributed by atoms with Gasteiger partial charge in [0, 0.05) is 5.56 Å². The Kier molecular flexibility index (Phi) is 2.14. The maximum absolute atomic E-state index is 11.3. The Balaban J connectivity index is 2.39. The van der Waals surface area contributed by atoms with Crippen LogP contribution in [0.4, 0.5) is 0 Å². The smallest absolute Gasteiger partial charge is 0.253 e. The third-order valence-corrected chi connectivity index (χ3v) is 2.51. The molecule has 0 unspecified atom stereocenters. The molecule has 1 atom stereocenters. The molecule has 0 radical (unpaired) electrons. The first-order valence-electron chi connectivity index (χ1n) is 4.56. The molecule has 13 heavy (non-hydrogen) atoms. The molecular weight excluding hydrogens is 166 g/mol. The van der Waals surface area contributed by atoms with Crippen LogP contribution in [-0.4, -0.2) is 16.5 Å². The average Bonchev–Trinajstić information content (AvgIpc) is 2.62. The minimum absolute atomic E-state index is 0.0290. The van der Waals surface area contributed by atoms with Gasteiger partial charge < -0.3 is 10.3 Å². The quantitative estimate of drug-likeness (QED) is 0.660. The third-order valence-electron chi connectivity index (χ3n) is 2.51. The summed E-state index contributed by atoms with van der Waals surface area (Å²) in [5.74, 6) is 0. The van der Waals surface area contributed by atoms with Gasteiger partial charge in [-0.3, -0.25) is 4.79 Å². The number of nitrogens with one attached hydrogen (secondary N) is 2. The lowest BCUT2D eigenvalue weighted by atomic mass is 10.1. The van der Waals surface area contributed by atoms with Crippen molar-refractivity contribution >= 4 is 0 Å². The lowest BCUT2D eigenvalue weighted by Gasteiger charge is -2.10. The Bertz CT molecular complexity index is 352. The molecule has 1 aromatic heterocycles. The van der Waals surface area contributed by atoms with Crippen LogP contribution in [-0.2, 0) is 0 Å². The lowest BCUT2D eigenvalue weighted by molar-refractivity contribution is 0.618. The second-order valence-corrected chi connectivity index (χ2v) is 3.39. The summed E-state index contributed by atoms with van der Waals surface area (Å²) in [5, 5.41) is 3.33. The second kappa shape index (κ2) is 3.30. The summed E-state index contributed by atoms with van der Waals surface area (Å²) in [4.78, 5) is 18.0. The first-order chi connectivity index (χ1) is 6.29. The molecule has 1 aliphatic heterocycles. The Morgan fingerprint density at radius 2 is 2.46 bits per heavy atom. The normalized spacial score (nSPS) is 22.1. The molecule has 1 fully saturated rings. The molecule has 1 aromatic rings. The number of hydrogen-bond donors (Lipinski definition) is 2. The van der Waals surface area contributed by atoms with Gasteiger partial charge in [-0.25, -0.2) is 4.98 Å². The average molecular weight is 179 g/mol. The number of rotatable bonds is 1. The number of nitrogens with zero attached hydrogens (tertiary/aromatic N) is 1. The van der Waals surface area contributed by atoms with Gasteiger partial charge in [0.15, 0.2) is 0 Å². The van der Waals surface area contributed by atoms with Crippen molar-refractivity contribution in [1.29, 1.82) is 0 Å². The van der Waals surface area contributed by atoms with Crippen molar-refractivity contribution in [3.8, 4) is 0 Å². The molecule has 1 aliphatic rings. The summed E-state index contributed by atoms with van der Waals surface area (Å²) in [6.07, 6.45) is 3.72. The van der Waals surface area contributed by atoms with Crippen LogP contribution < -0.4 is 10.9 Å². The molecule has 2 heterocycles. The van der Waals surface area contributed by atoms with Gasteiger partial charge in [-0.1, -0.05) is 0 Å².